The second-order valence-corrected chi connectivity index (χ2v) is 5.81. The van der Waals surface area contributed by atoms with E-state index in [1.165, 1.54) is 37.5 Å². The largest absolute Gasteiger partial charge is 0.416 e. The Kier molecular flexibility index (Phi) is 5.16. The zero-order valence-corrected chi connectivity index (χ0v) is 14.2. The van der Waals surface area contributed by atoms with Gasteiger partial charge in [-0.3, -0.25) is 9.78 Å². The Bertz CT molecular complexity index is 928. The van der Waals surface area contributed by atoms with Crippen LogP contribution in [-0.4, -0.2) is 20.9 Å². The minimum Gasteiger partial charge on any atom is -0.345 e. The number of rotatable bonds is 4. The van der Waals surface area contributed by atoms with Crippen LogP contribution in [0.3, 0.4) is 0 Å². The van der Waals surface area contributed by atoms with Crippen LogP contribution in [0.15, 0.2) is 61.2 Å². The molecule has 5 nitrogen and oxygen atoms in total. The molecule has 0 saturated heterocycles. The lowest BCUT2D eigenvalue weighted by Gasteiger charge is -2.19. The molecule has 0 aliphatic heterocycles. The Morgan fingerprint density at radius 3 is 2.30 bits per heavy atom. The SMILES string of the molecule is CC(NC(=O)c1cnc(-c2ccncc2)nc1)c1ccccc1C(F)(F)F. The predicted molar refractivity (Wildman–Crippen MR) is 92.6 cm³/mol. The molecule has 1 aromatic carbocycles. The number of aromatic nitrogens is 3. The molecule has 0 radical (unpaired) electrons. The number of hydrogen-bond acceptors (Lipinski definition) is 4. The highest BCUT2D eigenvalue weighted by molar-refractivity contribution is 5.94. The summed E-state index contributed by atoms with van der Waals surface area (Å²) in [5.41, 5.74) is 0.114. The van der Waals surface area contributed by atoms with Crippen LogP contribution in [0.1, 0.15) is 34.5 Å². The van der Waals surface area contributed by atoms with Crippen molar-refractivity contribution in [3.8, 4) is 11.4 Å². The number of carbonyl (C=O) groups excluding carboxylic acids is 1. The van der Waals surface area contributed by atoms with E-state index in [-0.39, 0.29) is 11.1 Å². The van der Waals surface area contributed by atoms with Crippen LogP contribution in [0, 0.1) is 0 Å². The summed E-state index contributed by atoms with van der Waals surface area (Å²) in [4.78, 5) is 24.5. The number of hydrogen-bond donors (Lipinski definition) is 1. The fraction of sp³-hybridized carbons (Fsp3) is 0.158. The van der Waals surface area contributed by atoms with E-state index in [4.69, 9.17) is 0 Å². The highest BCUT2D eigenvalue weighted by Gasteiger charge is 2.34. The average molecular weight is 372 g/mol. The average Bonchev–Trinajstić information content (AvgIpc) is 2.68. The van der Waals surface area contributed by atoms with Gasteiger partial charge in [-0.15, -0.1) is 0 Å². The molecular formula is C19H15F3N4O. The molecule has 2 aromatic heterocycles. The van der Waals surface area contributed by atoms with Gasteiger partial charge in [-0.2, -0.15) is 13.2 Å². The van der Waals surface area contributed by atoms with Crippen LogP contribution in [0.2, 0.25) is 0 Å². The molecule has 1 unspecified atom stereocenters. The third-order valence-electron chi connectivity index (χ3n) is 3.93. The highest BCUT2D eigenvalue weighted by atomic mass is 19.4. The Morgan fingerprint density at radius 1 is 1.04 bits per heavy atom. The Labute approximate surface area is 153 Å². The van der Waals surface area contributed by atoms with Crippen molar-refractivity contribution in [3.63, 3.8) is 0 Å². The predicted octanol–water partition coefficient (Wildman–Crippen LogP) is 4.05. The third kappa shape index (κ3) is 4.28. The molecule has 1 amide bonds. The normalized spacial score (nSPS) is 12.4. The van der Waals surface area contributed by atoms with Gasteiger partial charge in [0, 0.05) is 30.4 Å². The second kappa shape index (κ2) is 7.53. The van der Waals surface area contributed by atoms with E-state index in [0.717, 1.165) is 11.6 Å². The van der Waals surface area contributed by atoms with Crippen molar-refractivity contribution in [1.29, 1.82) is 0 Å². The van der Waals surface area contributed by atoms with Crippen molar-refractivity contribution in [2.45, 2.75) is 19.1 Å². The third-order valence-corrected chi connectivity index (χ3v) is 3.93. The maximum absolute atomic E-state index is 13.1. The summed E-state index contributed by atoms with van der Waals surface area (Å²) in [5, 5.41) is 2.56. The molecule has 1 atom stereocenters. The van der Waals surface area contributed by atoms with Gasteiger partial charge in [0.25, 0.3) is 5.91 Å². The maximum atomic E-state index is 13.1. The Hall–Kier alpha value is -3.29. The quantitative estimate of drug-likeness (QED) is 0.750. The van der Waals surface area contributed by atoms with E-state index in [2.05, 4.69) is 20.3 Å². The molecule has 0 fully saturated rings. The molecule has 0 aliphatic carbocycles. The van der Waals surface area contributed by atoms with E-state index in [1.54, 1.807) is 24.5 Å². The standard InChI is InChI=1S/C19H15F3N4O/c1-12(15-4-2-3-5-16(15)19(20,21)22)26-18(27)14-10-24-17(25-11-14)13-6-8-23-9-7-13/h2-12H,1H3,(H,26,27). The molecular weight excluding hydrogens is 357 g/mol. The van der Waals surface area contributed by atoms with Crippen molar-refractivity contribution in [3.05, 3.63) is 77.9 Å². The van der Waals surface area contributed by atoms with E-state index in [1.807, 2.05) is 0 Å². The Morgan fingerprint density at radius 2 is 1.67 bits per heavy atom. The van der Waals surface area contributed by atoms with Gasteiger partial charge in [-0.05, 0) is 30.7 Å². The van der Waals surface area contributed by atoms with Gasteiger partial charge in [0.1, 0.15) is 0 Å². The summed E-state index contributed by atoms with van der Waals surface area (Å²) in [7, 11) is 0. The van der Waals surface area contributed by atoms with Gasteiger partial charge < -0.3 is 5.32 Å². The van der Waals surface area contributed by atoms with Crippen LogP contribution in [0.4, 0.5) is 13.2 Å². The van der Waals surface area contributed by atoms with Gasteiger partial charge in [0.2, 0.25) is 0 Å². The fourth-order valence-electron chi connectivity index (χ4n) is 2.59. The molecule has 3 rings (SSSR count). The van der Waals surface area contributed by atoms with Gasteiger partial charge in [-0.1, -0.05) is 18.2 Å². The van der Waals surface area contributed by atoms with E-state index in [0.29, 0.717) is 5.82 Å². The number of carbonyl (C=O) groups is 1. The summed E-state index contributed by atoms with van der Waals surface area (Å²) in [6.07, 6.45) is 1.37. The van der Waals surface area contributed by atoms with Crippen molar-refractivity contribution >= 4 is 5.91 Å². The highest BCUT2D eigenvalue weighted by Crippen LogP contribution is 2.34. The number of alkyl halides is 3. The van der Waals surface area contributed by atoms with Gasteiger partial charge in [0.15, 0.2) is 5.82 Å². The van der Waals surface area contributed by atoms with Crippen LogP contribution < -0.4 is 5.32 Å². The lowest BCUT2D eigenvalue weighted by atomic mass is 10.0. The topological polar surface area (TPSA) is 67.8 Å². The number of pyridine rings is 1. The first-order valence-electron chi connectivity index (χ1n) is 8.05. The van der Waals surface area contributed by atoms with Crippen molar-refractivity contribution in [2.75, 3.05) is 0 Å². The zero-order chi connectivity index (χ0) is 19.4. The van der Waals surface area contributed by atoms with Crippen molar-refractivity contribution in [2.24, 2.45) is 0 Å². The van der Waals surface area contributed by atoms with Crippen LogP contribution >= 0.6 is 0 Å². The van der Waals surface area contributed by atoms with E-state index < -0.39 is 23.7 Å². The number of halogens is 3. The molecule has 138 valence electrons. The molecule has 3 aromatic rings. The minimum absolute atomic E-state index is 0.00678. The molecule has 27 heavy (non-hydrogen) atoms. The first kappa shape index (κ1) is 18.5. The first-order chi connectivity index (χ1) is 12.9. The number of benzene rings is 1. The number of amides is 1. The molecule has 2 heterocycles. The molecule has 0 bridgehead atoms. The van der Waals surface area contributed by atoms with E-state index in [9.17, 15) is 18.0 Å². The van der Waals surface area contributed by atoms with Crippen LogP contribution in [-0.2, 0) is 6.18 Å². The molecule has 0 spiro atoms. The second-order valence-electron chi connectivity index (χ2n) is 5.81. The summed E-state index contributed by atoms with van der Waals surface area (Å²) >= 11 is 0. The van der Waals surface area contributed by atoms with Crippen molar-refractivity contribution in [1.82, 2.24) is 20.3 Å². The van der Waals surface area contributed by atoms with Gasteiger partial charge in [0.05, 0.1) is 17.2 Å². The summed E-state index contributed by atoms with van der Waals surface area (Å²) < 4.78 is 39.4. The summed E-state index contributed by atoms with van der Waals surface area (Å²) in [6.45, 7) is 1.49. The monoisotopic (exact) mass is 372 g/mol. The zero-order valence-electron chi connectivity index (χ0n) is 14.2. The molecule has 0 aliphatic rings. The smallest absolute Gasteiger partial charge is 0.345 e. The van der Waals surface area contributed by atoms with Gasteiger partial charge >= 0.3 is 6.18 Å². The first-order valence-corrected chi connectivity index (χ1v) is 8.05. The molecule has 1 N–H and O–H groups in total. The van der Waals surface area contributed by atoms with Crippen LogP contribution in [0.5, 0.6) is 0 Å². The van der Waals surface area contributed by atoms with E-state index >= 15 is 0 Å². The maximum Gasteiger partial charge on any atom is 0.416 e. The van der Waals surface area contributed by atoms with Gasteiger partial charge in [-0.25, -0.2) is 9.97 Å². The molecule has 8 heteroatoms. The molecule has 0 saturated carbocycles. The van der Waals surface area contributed by atoms with Crippen molar-refractivity contribution < 1.29 is 18.0 Å². The number of nitrogens with zero attached hydrogens (tertiary/aromatic N) is 3. The lowest BCUT2D eigenvalue weighted by molar-refractivity contribution is -0.138. The number of nitrogens with one attached hydrogen (secondary N) is 1. The summed E-state index contributed by atoms with van der Waals surface area (Å²) in [5.74, 6) is -0.134. The minimum atomic E-state index is -4.50. The van der Waals surface area contributed by atoms with Crippen LogP contribution in [0.25, 0.3) is 11.4 Å². The lowest BCUT2D eigenvalue weighted by Crippen LogP contribution is -2.28. The Balaban J connectivity index is 1.76. The fourth-order valence-corrected chi connectivity index (χ4v) is 2.59. The summed E-state index contributed by atoms with van der Waals surface area (Å²) in [6, 6.07) is 7.76.